The number of hydrogen-bond donors (Lipinski definition) is 2. The molecule has 0 aromatic heterocycles. The minimum absolute atomic E-state index is 0.188. The Balaban J connectivity index is 3.21. The fourth-order valence-corrected chi connectivity index (χ4v) is 1.45. The number of aliphatic hydroxyl groups excluding tert-OH is 2. The molecule has 3 nitrogen and oxygen atoms in total. The van der Waals surface area contributed by atoms with Crippen LogP contribution in [0.15, 0.2) is 0 Å². The quantitative estimate of drug-likeness (QED) is 0.552. The molecule has 15 heavy (non-hydrogen) atoms. The van der Waals surface area contributed by atoms with E-state index in [9.17, 15) is 0 Å². The lowest BCUT2D eigenvalue weighted by Gasteiger charge is -2.14. The molecule has 0 aliphatic heterocycles. The van der Waals surface area contributed by atoms with Crippen molar-refractivity contribution >= 4 is 0 Å². The second-order valence-electron chi connectivity index (χ2n) is 4.18. The van der Waals surface area contributed by atoms with Crippen LogP contribution in [0.1, 0.15) is 52.4 Å². The highest BCUT2D eigenvalue weighted by Crippen LogP contribution is 2.09. The first kappa shape index (κ1) is 14.9. The van der Waals surface area contributed by atoms with E-state index in [-0.39, 0.29) is 19.3 Å². The van der Waals surface area contributed by atoms with E-state index in [1.165, 1.54) is 32.1 Å². The van der Waals surface area contributed by atoms with Gasteiger partial charge in [-0.2, -0.15) is 0 Å². The summed E-state index contributed by atoms with van der Waals surface area (Å²) in [6.07, 6.45) is 6.86. The first-order chi connectivity index (χ1) is 7.20. The molecule has 0 radical (unpaired) electrons. The Hall–Kier alpha value is -0.120. The Morgan fingerprint density at radius 3 is 2.40 bits per heavy atom. The zero-order valence-corrected chi connectivity index (χ0v) is 10.1. The summed E-state index contributed by atoms with van der Waals surface area (Å²) < 4.78 is 5.39. The Bertz CT molecular complexity index is 128. The van der Waals surface area contributed by atoms with Crippen LogP contribution in [-0.2, 0) is 4.74 Å². The summed E-state index contributed by atoms with van der Waals surface area (Å²) in [7, 11) is 0. The molecule has 2 unspecified atom stereocenters. The third kappa shape index (κ3) is 10.2. The molecule has 0 aromatic carbocycles. The first-order valence-electron chi connectivity index (χ1n) is 6.11. The summed E-state index contributed by atoms with van der Waals surface area (Å²) in [4.78, 5) is 0. The first-order valence-corrected chi connectivity index (χ1v) is 6.11. The van der Waals surface area contributed by atoms with Crippen molar-refractivity contribution in [3.63, 3.8) is 0 Å². The molecule has 0 fully saturated rings. The van der Waals surface area contributed by atoms with E-state index in [2.05, 4.69) is 6.92 Å². The number of ether oxygens (including phenoxy) is 1. The molecule has 0 aliphatic carbocycles. The van der Waals surface area contributed by atoms with Gasteiger partial charge in [0.15, 0.2) is 0 Å². The van der Waals surface area contributed by atoms with Crippen molar-refractivity contribution in [1.29, 1.82) is 0 Å². The van der Waals surface area contributed by atoms with Gasteiger partial charge in [-0.3, -0.25) is 0 Å². The van der Waals surface area contributed by atoms with E-state index in [0.29, 0.717) is 0 Å². The van der Waals surface area contributed by atoms with Gasteiger partial charge in [0, 0.05) is 0 Å². The van der Waals surface area contributed by atoms with Gasteiger partial charge < -0.3 is 14.9 Å². The average molecular weight is 218 g/mol. The minimum atomic E-state index is -0.729. The molecule has 0 amide bonds. The average Bonchev–Trinajstić information content (AvgIpc) is 2.25. The highest BCUT2D eigenvalue weighted by molar-refractivity contribution is 4.55. The summed E-state index contributed by atoms with van der Waals surface area (Å²) in [5, 5.41) is 17.7. The molecule has 0 aromatic rings. The molecular weight excluding hydrogens is 192 g/mol. The highest BCUT2D eigenvalue weighted by Gasteiger charge is 2.06. The topological polar surface area (TPSA) is 49.7 Å². The van der Waals surface area contributed by atoms with Gasteiger partial charge in [0.05, 0.1) is 19.3 Å². The minimum Gasteiger partial charge on any atom is -0.394 e. The lowest BCUT2D eigenvalue weighted by Crippen LogP contribution is -2.22. The van der Waals surface area contributed by atoms with Gasteiger partial charge in [0.25, 0.3) is 0 Å². The van der Waals surface area contributed by atoms with E-state index in [4.69, 9.17) is 14.9 Å². The number of rotatable bonds is 10. The number of aliphatic hydroxyl groups is 2. The molecule has 2 atom stereocenters. The van der Waals surface area contributed by atoms with Crippen LogP contribution in [0.3, 0.4) is 0 Å². The molecule has 0 rings (SSSR count). The Morgan fingerprint density at radius 2 is 1.80 bits per heavy atom. The molecule has 2 N–H and O–H groups in total. The van der Waals surface area contributed by atoms with Crippen LogP contribution >= 0.6 is 0 Å². The van der Waals surface area contributed by atoms with Gasteiger partial charge in [0.1, 0.15) is 6.10 Å². The Morgan fingerprint density at radius 1 is 1.13 bits per heavy atom. The van der Waals surface area contributed by atoms with Crippen molar-refractivity contribution in [3.8, 4) is 0 Å². The molecule has 92 valence electrons. The van der Waals surface area contributed by atoms with E-state index in [0.717, 1.165) is 6.42 Å². The number of unbranched alkanes of at least 4 members (excludes halogenated alkanes) is 4. The lowest BCUT2D eigenvalue weighted by molar-refractivity contribution is -0.0254. The van der Waals surface area contributed by atoms with Crippen molar-refractivity contribution in [2.45, 2.75) is 64.6 Å². The fourth-order valence-electron chi connectivity index (χ4n) is 1.45. The van der Waals surface area contributed by atoms with Gasteiger partial charge in [-0.05, 0) is 13.3 Å². The molecule has 0 bridgehead atoms. The molecule has 0 aliphatic rings. The maximum Gasteiger partial charge on any atom is 0.100 e. The zero-order chi connectivity index (χ0) is 11.5. The standard InChI is InChI=1S/C12H26O3/c1-3-4-5-6-7-8-11(2)15-10-12(14)9-13/h11-14H,3-10H2,1-2H3. The largest absolute Gasteiger partial charge is 0.394 e. The normalized spacial score (nSPS) is 15.2. The van der Waals surface area contributed by atoms with Crippen LogP contribution in [0.2, 0.25) is 0 Å². The SMILES string of the molecule is CCCCCCCC(C)OCC(O)CO. The van der Waals surface area contributed by atoms with Crippen molar-refractivity contribution in [2.24, 2.45) is 0 Å². The molecule has 0 saturated heterocycles. The second-order valence-corrected chi connectivity index (χ2v) is 4.18. The van der Waals surface area contributed by atoms with E-state index in [1.807, 2.05) is 6.92 Å². The van der Waals surface area contributed by atoms with Crippen LogP contribution in [0, 0.1) is 0 Å². The van der Waals surface area contributed by atoms with E-state index in [1.54, 1.807) is 0 Å². The molecule has 0 spiro atoms. The zero-order valence-electron chi connectivity index (χ0n) is 10.1. The lowest BCUT2D eigenvalue weighted by atomic mass is 10.1. The summed E-state index contributed by atoms with van der Waals surface area (Å²) in [5.41, 5.74) is 0. The van der Waals surface area contributed by atoms with Gasteiger partial charge in [0.2, 0.25) is 0 Å². The van der Waals surface area contributed by atoms with Gasteiger partial charge >= 0.3 is 0 Å². The third-order valence-corrected chi connectivity index (χ3v) is 2.50. The predicted octanol–water partition coefficient (Wildman–Crippen LogP) is 2.11. The van der Waals surface area contributed by atoms with Gasteiger partial charge in [-0.15, -0.1) is 0 Å². The van der Waals surface area contributed by atoms with Gasteiger partial charge in [-0.1, -0.05) is 39.0 Å². The Kier molecular flexibility index (Phi) is 10.3. The van der Waals surface area contributed by atoms with Crippen LogP contribution in [0.25, 0.3) is 0 Å². The predicted molar refractivity (Wildman–Crippen MR) is 61.9 cm³/mol. The highest BCUT2D eigenvalue weighted by atomic mass is 16.5. The van der Waals surface area contributed by atoms with Gasteiger partial charge in [-0.25, -0.2) is 0 Å². The Labute approximate surface area is 93.5 Å². The monoisotopic (exact) mass is 218 g/mol. The van der Waals surface area contributed by atoms with E-state index < -0.39 is 6.10 Å². The summed E-state index contributed by atoms with van der Waals surface area (Å²) in [6.45, 7) is 4.25. The maximum absolute atomic E-state index is 9.07. The molecule has 0 heterocycles. The van der Waals surface area contributed by atoms with Crippen LogP contribution in [0.5, 0.6) is 0 Å². The summed E-state index contributed by atoms with van der Waals surface area (Å²) in [5.74, 6) is 0. The van der Waals surface area contributed by atoms with Crippen LogP contribution < -0.4 is 0 Å². The van der Waals surface area contributed by atoms with Crippen molar-refractivity contribution < 1.29 is 14.9 Å². The summed E-state index contributed by atoms with van der Waals surface area (Å²) in [6, 6.07) is 0. The third-order valence-electron chi connectivity index (χ3n) is 2.50. The smallest absolute Gasteiger partial charge is 0.100 e. The number of hydrogen-bond acceptors (Lipinski definition) is 3. The van der Waals surface area contributed by atoms with E-state index >= 15 is 0 Å². The van der Waals surface area contributed by atoms with Crippen molar-refractivity contribution in [3.05, 3.63) is 0 Å². The second kappa shape index (κ2) is 10.4. The fraction of sp³-hybridized carbons (Fsp3) is 1.00. The van der Waals surface area contributed by atoms with Crippen LogP contribution in [0.4, 0.5) is 0 Å². The van der Waals surface area contributed by atoms with Crippen LogP contribution in [-0.4, -0.2) is 35.6 Å². The summed E-state index contributed by atoms with van der Waals surface area (Å²) >= 11 is 0. The maximum atomic E-state index is 9.07. The molecular formula is C12H26O3. The molecule has 3 heteroatoms. The molecule has 0 saturated carbocycles. The van der Waals surface area contributed by atoms with Crippen molar-refractivity contribution in [1.82, 2.24) is 0 Å². The van der Waals surface area contributed by atoms with Crippen molar-refractivity contribution in [2.75, 3.05) is 13.2 Å².